The van der Waals surface area contributed by atoms with Gasteiger partial charge >= 0.3 is 6.09 Å². The molecule has 1 aromatic carbocycles. The molecule has 1 saturated heterocycles. The van der Waals surface area contributed by atoms with Gasteiger partial charge in [0.05, 0.1) is 18.2 Å². The molecule has 1 atom stereocenters. The first kappa shape index (κ1) is 28.2. The highest BCUT2D eigenvalue weighted by molar-refractivity contribution is 7.99. The summed E-state index contributed by atoms with van der Waals surface area (Å²) in [7, 11) is 1.61. The summed E-state index contributed by atoms with van der Waals surface area (Å²) in [4.78, 5) is 17.1. The van der Waals surface area contributed by atoms with E-state index in [9.17, 15) is 4.79 Å². The van der Waals surface area contributed by atoms with E-state index < -0.39 is 5.60 Å². The second-order valence-electron chi connectivity index (χ2n) is 11.4. The number of methoxy groups -OCH3 is 1. The van der Waals surface area contributed by atoms with Crippen LogP contribution in [0.15, 0.2) is 24.4 Å². The Hall–Kier alpha value is -1.86. The molecule has 37 heavy (non-hydrogen) atoms. The second-order valence-corrected chi connectivity index (χ2v) is 13.0. The zero-order valence-electron chi connectivity index (χ0n) is 22.8. The van der Waals surface area contributed by atoms with Crippen LogP contribution in [0, 0.1) is 11.3 Å². The lowest BCUT2D eigenvalue weighted by atomic mass is 9.59. The van der Waals surface area contributed by atoms with Gasteiger partial charge in [-0.3, -0.25) is 0 Å². The van der Waals surface area contributed by atoms with Crippen molar-refractivity contribution >= 4 is 40.2 Å². The minimum Gasteiger partial charge on any atom is -0.489 e. The summed E-state index contributed by atoms with van der Waals surface area (Å²) in [6.07, 6.45) is 8.71. The van der Waals surface area contributed by atoms with Crippen LogP contribution in [-0.4, -0.2) is 47.4 Å². The van der Waals surface area contributed by atoms with E-state index in [1.165, 1.54) is 24.3 Å². The van der Waals surface area contributed by atoms with Gasteiger partial charge in [0.15, 0.2) is 0 Å². The topological polar surface area (TPSA) is 69.7 Å². The predicted molar refractivity (Wildman–Crippen MR) is 152 cm³/mol. The summed E-state index contributed by atoms with van der Waals surface area (Å²) in [5, 5.41) is 5.72. The number of fused-ring (bicyclic) bond motifs is 1. The molecule has 1 N–H and O–H groups in total. The van der Waals surface area contributed by atoms with E-state index in [2.05, 4.69) is 17.2 Å². The smallest absolute Gasteiger partial charge is 0.407 e. The summed E-state index contributed by atoms with van der Waals surface area (Å²) in [6.45, 7) is 7.92. The molecule has 1 unspecified atom stereocenters. The van der Waals surface area contributed by atoms with Crippen molar-refractivity contribution in [2.75, 3.05) is 18.6 Å². The van der Waals surface area contributed by atoms with Crippen molar-refractivity contribution in [3.8, 4) is 11.6 Å². The van der Waals surface area contributed by atoms with Gasteiger partial charge in [-0.05, 0) is 112 Å². The van der Waals surface area contributed by atoms with Crippen LogP contribution in [0.4, 0.5) is 4.79 Å². The van der Waals surface area contributed by atoms with Crippen molar-refractivity contribution in [1.29, 1.82) is 0 Å². The maximum absolute atomic E-state index is 12.8. The summed E-state index contributed by atoms with van der Waals surface area (Å²) >= 11 is 8.69. The molecule has 1 aliphatic carbocycles. The van der Waals surface area contributed by atoms with Crippen LogP contribution < -0.4 is 14.8 Å². The van der Waals surface area contributed by atoms with Crippen LogP contribution in [-0.2, 0) is 4.74 Å². The van der Waals surface area contributed by atoms with Crippen molar-refractivity contribution in [2.45, 2.75) is 90.4 Å². The van der Waals surface area contributed by atoms with Crippen LogP contribution >= 0.6 is 23.4 Å². The Morgan fingerprint density at radius 1 is 1.22 bits per heavy atom. The number of alkyl carbamates (subject to hydrolysis) is 1. The quantitative estimate of drug-likeness (QED) is 0.383. The molecule has 1 saturated carbocycles. The van der Waals surface area contributed by atoms with E-state index in [1.807, 2.05) is 50.7 Å². The lowest BCUT2D eigenvalue weighted by Gasteiger charge is -2.51. The predicted octanol–water partition coefficient (Wildman–Crippen LogP) is 7.65. The first-order chi connectivity index (χ1) is 17.6. The molecule has 6 nitrogen and oxygen atoms in total. The van der Waals surface area contributed by atoms with E-state index in [0.717, 1.165) is 42.9 Å². The zero-order valence-corrected chi connectivity index (χ0v) is 24.3. The Morgan fingerprint density at radius 3 is 2.54 bits per heavy atom. The number of halogens is 1. The molecule has 8 heteroatoms. The Labute approximate surface area is 230 Å². The summed E-state index contributed by atoms with van der Waals surface area (Å²) in [5.41, 5.74) is -0.458. The number of nitrogens with zero attached hydrogens (tertiary/aromatic N) is 1. The number of carbonyl (C=O) groups excluding carboxylic acids is 1. The Bertz CT molecular complexity index is 1080. The number of pyridine rings is 1. The molecule has 1 amide bonds. The van der Waals surface area contributed by atoms with E-state index >= 15 is 0 Å². The molecule has 204 valence electrons. The van der Waals surface area contributed by atoms with Crippen molar-refractivity contribution in [2.24, 2.45) is 11.3 Å². The summed E-state index contributed by atoms with van der Waals surface area (Å²) in [5.74, 6) is 4.24. The maximum Gasteiger partial charge on any atom is 0.407 e. The lowest BCUT2D eigenvalue weighted by molar-refractivity contribution is -0.00762. The highest BCUT2D eigenvalue weighted by Crippen LogP contribution is 2.51. The molecule has 2 heterocycles. The third-order valence-electron chi connectivity index (χ3n) is 7.96. The fourth-order valence-electron chi connectivity index (χ4n) is 6.24. The average Bonchev–Trinajstić information content (AvgIpc) is 2.87. The van der Waals surface area contributed by atoms with Gasteiger partial charge in [-0.25, -0.2) is 9.78 Å². The number of benzene rings is 1. The number of amides is 1. The number of hydrogen-bond acceptors (Lipinski definition) is 6. The number of thioether (sulfide) groups is 1. The van der Waals surface area contributed by atoms with Gasteiger partial charge < -0.3 is 19.5 Å². The highest BCUT2D eigenvalue weighted by Gasteiger charge is 2.48. The molecule has 2 fully saturated rings. The van der Waals surface area contributed by atoms with Gasteiger partial charge in [0.25, 0.3) is 0 Å². The Morgan fingerprint density at radius 2 is 1.92 bits per heavy atom. The lowest BCUT2D eigenvalue weighted by Crippen LogP contribution is -2.55. The second kappa shape index (κ2) is 11.9. The average molecular weight is 549 g/mol. The summed E-state index contributed by atoms with van der Waals surface area (Å²) in [6, 6.07) is 5.90. The Kier molecular flexibility index (Phi) is 9.05. The molecular weight excluding hydrogens is 508 g/mol. The minimum absolute atomic E-state index is 0.0543. The number of hydrogen-bond donors (Lipinski definition) is 1. The van der Waals surface area contributed by atoms with Gasteiger partial charge in [-0.2, -0.15) is 11.8 Å². The fraction of sp³-hybridized carbons (Fsp3) is 0.655. The first-order valence-electron chi connectivity index (χ1n) is 13.5. The van der Waals surface area contributed by atoms with E-state index in [-0.39, 0.29) is 23.7 Å². The molecule has 4 rings (SSSR count). The van der Waals surface area contributed by atoms with Gasteiger partial charge in [-0.1, -0.05) is 18.5 Å². The molecule has 2 aromatic rings. The molecule has 0 bridgehead atoms. The standard InChI is InChI=1S/C29H41ClN2O4S/c1-6-25(32-27(33)36-28(2,3)4)29(20-10-15-37-16-11-20)12-7-21(8-13-29)35-24-17-19-9-14-31-26(34-5)22(19)18-23(24)30/h9,14,17-18,20-21,25H,6-8,10-13,15-16H2,1-5H3,(H,32,33). The highest BCUT2D eigenvalue weighted by atomic mass is 35.5. The van der Waals surface area contributed by atoms with Crippen molar-refractivity contribution in [1.82, 2.24) is 10.3 Å². The monoisotopic (exact) mass is 548 g/mol. The SMILES string of the molecule is CCC(NC(=O)OC(C)(C)C)C1(C2CCSCC2)CCC(Oc2cc3ccnc(OC)c3cc2Cl)CC1. The minimum atomic E-state index is -0.512. The fourth-order valence-corrected chi connectivity index (χ4v) is 7.56. The van der Waals surface area contributed by atoms with Crippen molar-refractivity contribution in [3.05, 3.63) is 29.4 Å². The maximum atomic E-state index is 12.8. The normalized spacial score (nSPS) is 23.9. The van der Waals surface area contributed by atoms with Gasteiger partial charge in [0.1, 0.15) is 11.4 Å². The molecular formula is C29H41ClN2O4S. The number of aromatic nitrogens is 1. The molecule has 0 spiro atoms. The number of ether oxygens (including phenoxy) is 3. The van der Waals surface area contributed by atoms with Gasteiger partial charge in [0.2, 0.25) is 5.88 Å². The number of carbonyl (C=O) groups is 1. The van der Waals surface area contributed by atoms with Crippen LogP contribution in [0.1, 0.15) is 72.6 Å². The molecule has 1 aliphatic heterocycles. The van der Waals surface area contributed by atoms with E-state index in [0.29, 0.717) is 22.6 Å². The van der Waals surface area contributed by atoms with Crippen LogP contribution in [0.25, 0.3) is 10.8 Å². The van der Waals surface area contributed by atoms with Crippen LogP contribution in [0.3, 0.4) is 0 Å². The van der Waals surface area contributed by atoms with Crippen molar-refractivity contribution < 1.29 is 19.0 Å². The third kappa shape index (κ3) is 6.59. The molecule has 2 aliphatic rings. The Balaban J connectivity index is 1.51. The molecule has 1 aromatic heterocycles. The number of nitrogens with one attached hydrogen (secondary N) is 1. The number of rotatable bonds is 7. The third-order valence-corrected chi connectivity index (χ3v) is 9.30. The largest absolute Gasteiger partial charge is 0.489 e. The molecule has 0 radical (unpaired) electrons. The summed E-state index contributed by atoms with van der Waals surface area (Å²) < 4.78 is 17.5. The zero-order chi connectivity index (χ0) is 26.6. The van der Waals surface area contributed by atoms with Crippen LogP contribution in [0.2, 0.25) is 5.02 Å². The van der Waals surface area contributed by atoms with E-state index in [4.69, 9.17) is 25.8 Å². The van der Waals surface area contributed by atoms with Crippen LogP contribution in [0.5, 0.6) is 11.6 Å². The van der Waals surface area contributed by atoms with Gasteiger partial charge in [-0.15, -0.1) is 0 Å². The van der Waals surface area contributed by atoms with Crippen molar-refractivity contribution in [3.63, 3.8) is 0 Å². The van der Waals surface area contributed by atoms with Gasteiger partial charge in [0, 0.05) is 17.6 Å². The first-order valence-corrected chi connectivity index (χ1v) is 15.0. The van der Waals surface area contributed by atoms with E-state index in [1.54, 1.807) is 13.3 Å².